The lowest BCUT2D eigenvalue weighted by Crippen LogP contribution is -2.14. The maximum atomic E-state index is 12.4. The molecule has 0 N–H and O–H groups in total. The molecule has 3 aromatic rings. The average Bonchev–Trinajstić information content (AvgIpc) is 3.22. The number of ether oxygens (including phenoxy) is 2. The van der Waals surface area contributed by atoms with Crippen molar-refractivity contribution < 1.29 is 14.3 Å². The van der Waals surface area contributed by atoms with Crippen LogP contribution in [0.25, 0.3) is 5.52 Å². The summed E-state index contributed by atoms with van der Waals surface area (Å²) in [6, 6.07) is 3.81. The second kappa shape index (κ2) is 7.68. The summed E-state index contributed by atoms with van der Waals surface area (Å²) < 4.78 is 14.2. The highest BCUT2D eigenvalue weighted by Crippen LogP contribution is 2.31. The summed E-state index contributed by atoms with van der Waals surface area (Å²) >= 11 is 5.11. The smallest absolute Gasteiger partial charge is 0.338 e. The Morgan fingerprint density at radius 1 is 1.48 bits per heavy atom. The molecule has 0 saturated carbocycles. The highest BCUT2D eigenvalue weighted by Gasteiger charge is 2.22. The molecule has 1 unspecified atom stereocenters. The lowest BCUT2D eigenvalue weighted by molar-refractivity contribution is 0.0475. The van der Waals surface area contributed by atoms with E-state index in [4.69, 9.17) is 9.47 Å². The van der Waals surface area contributed by atoms with Gasteiger partial charge in [0.05, 0.1) is 36.1 Å². The van der Waals surface area contributed by atoms with Gasteiger partial charge in [-0.05, 0) is 54.4 Å². The Balaban J connectivity index is 2.02. The first-order valence-corrected chi connectivity index (χ1v) is 9.67. The third-order valence-corrected chi connectivity index (χ3v) is 5.45. The average molecular weight is 423 g/mol. The van der Waals surface area contributed by atoms with Gasteiger partial charge in [-0.3, -0.25) is 0 Å². The summed E-state index contributed by atoms with van der Waals surface area (Å²) in [6.45, 7) is 6.50. The summed E-state index contributed by atoms with van der Waals surface area (Å²) in [6.07, 6.45) is 3.53. The largest absolute Gasteiger partial charge is 0.462 e. The maximum Gasteiger partial charge on any atom is 0.338 e. The van der Waals surface area contributed by atoms with E-state index >= 15 is 0 Å². The molecule has 0 aliphatic carbocycles. The summed E-state index contributed by atoms with van der Waals surface area (Å²) in [5, 5.41) is 2.85. The van der Waals surface area contributed by atoms with Crippen LogP contribution in [0.4, 0.5) is 0 Å². The summed E-state index contributed by atoms with van der Waals surface area (Å²) in [7, 11) is 0. The summed E-state index contributed by atoms with van der Waals surface area (Å²) in [5.41, 5.74) is 3.27. The highest BCUT2D eigenvalue weighted by molar-refractivity contribution is 9.10. The zero-order valence-electron chi connectivity index (χ0n) is 14.3. The Labute approximate surface area is 158 Å². The van der Waals surface area contributed by atoms with Crippen LogP contribution in [-0.2, 0) is 16.1 Å². The van der Waals surface area contributed by atoms with Gasteiger partial charge in [0.25, 0.3) is 0 Å². The van der Waals surface area contributed by atoms with Crippen LogP contribution in [0.5, 0.6) is 0 Å². The number of hydrogen-bond donors (Lipinski definition) is 0. The van der Waals surface area contributed by atoms with Gasteiger partial charge in [-0.25, -0.2) is 9.78 Å². The molecule has 0 aromatic carbocycles. The molecular formula is C18H19BrN2O3S. The molecule has 0 fully saturated rings. The van der Waals surface area contributed by atoms with Crippen molar-refractivity contribution in [3.63, 3.8) is 0 Å². The maximum absolute atomic E-state index is 12.4. The van der Waals surface area contributed by atoms with E-state index in [1.54, 1.807) is 24.5 Å². The van der Waals surface area contributed by atoms with E-state index in [9.17, 15) is 4.79 Å². The first-order chi connectivity index (χ1) is 12.0. The Kier molecular flexibility index (Phi) is 5.56. The predicted molar refractivity (Wildman–Crippen MR) is 101 cm³/mol. The van der Waals surface area contributed by atoms with Gasteiger partial charge in [0, 0.05) is 22.2 Å². The number of thiazole rings is 1. The molecule has 0 aliphatic heterocycles. The van der Waals surface area contributed by atoms with E-state index in [1.807, 2.05) is 37.6 Å². The second-order valence-electron chi connectivity index (χ2n) is 5.59. The van der Waals surface area contributed by atoms with Crippen molar-refractivity contribution in [3.8, 4) is 0 Å². The predicted octanol–water partition coefficient (Wildman–Crippen LogP) is 4.92. The van der Waals surface area contributed by atoms with E-state index in [0.29, 0.717) is 18.8 Å². The van der Waals surface area contributed by atoms with Crippen molar-refractivity contribution in [2.75, 3.05) is 6.61 Å². The Hall–Kier alpha value is -1.70. The number of nitrogens with zero attached hydrogens (tertiary/aromatic N) is 2. The zero-order valence-corrected chi connectivity index (χ0v) is 16.7. The minimum Gasteiger partial charge on any atom is -0.462 e. The van der Waals surface area contributed by atoms with Crippen molar-refractivity contribution in [2.45, 2.75) is 33.5 Å². The minimum atomic E-state index is -0.316. The first kappa shape index (κ1) is 18.1. The van der Waals surface area contributed by atoms with Gasteiger partial charge in [-0.15, -0.1) is 11.3 Å². The number of carbonyl (C=O) groups excluding carboxylic acids is 1. The van der Waals surface area contributed by atoms with E-state index < -0.39 is 0 Å². The van der Waals surface area contributed by atoms with Gasteiger partial charge in [-0.1, -0.05) is 0 Å². The molecule has 3 rings (SSSR count). The number of esters is 1. The fraction of sp³-hybridized carbons (Fsp3) is 0.333. The van der Waals surface area contributed by atoms with E-state index in [2.05, 4.69) is 25.3 Å². The monoisotopic (exact) mass is 422 g/mol. The number of hydrogen-bond acceptors (Lipinski definition) is 5. The topological polar surface area (TPSA) is 52.8 Å². The molecule has 5 nitrogen and oxygen atoms in total. The lowest BCUT2D eigenvalue weighted by atomic mass is 10.0. The molecule has 0 radical (unpaired) electrons. The Bertz CT molecular complexity index is 889. The van der Waals surface area contributed by atoms with Gasteiger partial charge in [0.2, 0.25) is 0 Å². The molecule has 0 spiro atoms. The summed E-state index contributed by atoms with van der Waals surface area (Å²) in [5.74, 6) is -0.316. The molecule has 0 amide bonds. The molecule has 0 saturated heterocycles. The van der Waals surface area contributed by atoms with E-state index in [-0.39, 0.29) is 12.1 Å². The van der Waals surface area contributed by atoms with E-state index in [0.717, 1.165) is 26.3 Å². The van der Waals surface area contributed by atoms with Crippen LogP contribution >= 0.6 is 27.3 Å². The number of pyridine rings is 1. The Morgan fingerprint density at radius 3 is 2.96 bits per heavy atom. The standard InChI is InChI=1S/C18H19BrN2O3S/c1-4-23-18(22)13-9-15-14(19)5-7-21(15)17(11(13)2)12(3)24-10-16-20-6-8-25-16/h5-9,12H,4,10H2,1-3H3. The molecule has 7 heteroatoms. The van der Waals surface area contributed by atoms with Crippen LogP contribution < -0.4 is 0 Å². The molecule has 25 heavy (non-hydrogen) atoms. The zero-order chi connectivity index (χ0) is 18.0. The highest BCUT2D eigenvalue weighted by atomic mass is 79.9. The van der Waals surface area contributed by atoms with E-state index in [1.165, 1.54) is 0 Å². The fourth-order valence-corrected chi connectivity index (χ4v) is 3.81. The molecule has 3 heterocycles. The number of carbonyl (C=O) groups is 1. The lowest BCUT2D eigenvalue weighted by Gasteiger charge is -2.20. The van der Waals surface area contributed by atoms with Gasteiger partial charge in [0.15, 0.2) is 0 Å². The first-order valence-electron chi connectivity index (χ1n) is 8.00. The van der Waals surface area contributed by atoms with Crippen molar-refractivity contribution in [2.24, 2.45) is 0 Å². The molecule has 0 aliphatic rings. The number of rotatable bonds is 6. The van der Waals surface area contributed by atoms with Gasteiger partial charge >= 0.3 is 5.97 Å². The van der Waals surface area contributed by atoms with Crippen molar-refractivity contribution >= 4 is 38.8 Å². The molecule has 1 atom stereocenters. The van der Waals surface area contributed by atoms with Crippen LogP contribution in [0, 0.1) is 6.92 Å². The Morgan fingerprint density at radius 2 is 2.28 bits per heavy atom. The van der Waals surface area contributed by atoms with Gasteiger partial charge in [-0.2, -0.15) is 0 Å². The number of halogens is 1. The number of fused-ring (bicyclic) bond motifs is 1. The fourth-order valence-electron chi connectivity index (χ4n) is 2.85. The van der Waals surface area contributed by atoms with Crippen LogP contribution in [0.2, 0.25) is 0 Å². The van der Waals surface area contributed by atoms with Crippen molar-refractivity contribution in [1.29, 1.82) is 0 Å². The molecule has 132 valence electrons. The number of aromatic nitrogens is 2. The SMILES string of the molecule is CCOC(=O)c1cc2c(Br)ccn2c(C(C)OCc2nccs2)c1C. The van der Waals surface area contributed by atoms with Crippen LogP contribution in [0.3, 0.4) is 0 Å². The van der Waals surface area contributed by atoms with Gasteiger partial charge < -0.3 is 13.9 Å². The van der Waals surface area contributed by atoms with Gasteiger partial charge in [0.1, 0.15) is 5.01 Å². The van der Waals surface area contributed by atoms with Crippen molar-refractivity contribution in [1.82, 2.24) is 9.38 Å². The summed E-state index contributed by atoms with van der Waals surface area (Å²) in [4.78, 5) is 16.6. The minimum absolute atomic E-state index is 0.208. The molecule has 0 bridgehead atoms. The van der Waals surface area contributed by atoms with Crippen molar-refractivity contribution in [3.05, 3.63) is 56.2 Å². The van der Waals surface area contributed by atoms with Crippen LogP contribution in [0.15, 0.2) is 34.4 Å². The third kappa shape index (κ3) is 3.63. The molecular weight excluding hydrogens is 404 g/mol. The molecule has 3 aromatic heterocycles. The third-order valence-electron chi connectivity index (χ3n) is 4.02. The van der Waals surface area contributed by atoms with Crippen LogP contribution in [-0.4, -0.2) is 22.0 Å². The second-order valence-corrected chi connectivity index (χ2v) is 7.42. The quantitative estimate of drug-likeness (QED) is 0.528. The van der Waals surface area contributed by atoms with Crippen LogP contribution in [0.1, 0.15) is 46.6 Å². The normalized spacial score (nSPS) is 12.5.